The van der Waals surface area contributed by atoms with Crippen LogP contribution in [0.2, 0.25) is 0 Å². The first-order valence-electron chi connectivity index (χ1n) is 9.46. The molecular formula is C22H22N2O3S. The van der Waals surface area contributed by atoms with Crippen LogP contribution in [0, 0.1) is 0 Å². The van der Waals surface area contributed by atoms with Crippen LogP contribution in [-0.2, 0) is 25.9 Å². The Labute approximate surface area is 168 Å². The van der Waals surface area contributed by atoms with Crippen LogP contribution < -0.4 is 10.2 Å². The molecule has 1 amide bonds. The molecule has 0 saturated heterocycles. The number of thiophene rings is 1. The van der Waals surface area contributed by atoms with E-state index in [2.05, 4.69) is 35.7 Å². The van der Waals surface area contributed by atoms with Crippen molar-refractivity contribution in [3.8, 4) is 5.75 Å². The summed E-state index contributed by atoms with van der Waals surface area (Å²) < 4.78 is 11.4. The summed E-state index contributed by atoms with van der Waals surface area (Å²) in [5, 5.41) is 4.00. The zero-order valence-electron chi connectivity index (χ0n) is 15.7. The minimum absolute atomic E-state index is 0.213. The van der Waals surface area contributed by atoms with Crippen molar-refractivity contribution in [2.75, 3.05) is 0 Å². The molecule has 0 aliphatic heterocycles. The van der Waals surface area contributed by atoms with E-state index in [1.807, 2.05) is 12.1 Å². The largest absolute Gasteiger partial charge is 0.486 e. The third kappa shape index (κ3) is 4.34. The number of carbonyl (C=O) groups is 1. The van der Waals surface area contributed by atoms with Crippen LogP contribution in [0.25, 0.3) is 0 Å². The Hall–Kier alpha value is -2.86. The fraction of sp³-hybridized carbons (Fsp3) is 0.273. The molecule has 0 unspecified atom stereocenters. The SMILES string of the molecule is CCc1ccc(/C=N\NC(=O)c2ccc(COc3ccc4c(c3)CCC4)o2)s1. The highest BCUT2D eigenvalue weighted by atomic mass is 32.1. The number of aryl methyl sites for hydroxylation is 3. The third-order valence-electron chi connectivity index (χ3n) is 4.73. The molecule has 0 saturated carbocycles. The first-order chi connectivity index (χ1) is 13.7. The lowest BCUT2D eigenvalue weighted by atomic mass is 10.1. The number of benzene rings is 1. The standard InChI is InChI=1S/C22H22N2O3S/c1-2-19-9-10-20(28-19)13-23-24-22(25)21-11-8-18(27-21)14-26-17-7-6-15-4-3-5-16(15)12-17/h6-13H,2-5,14H2,1H3,(H,24,25)/b23-13-. The topological polar surface area (TPSA) is 63.8 Å². The Morgan fingerprint density at radius 3 is 2.96 bits per heavy atom. The maximum absolute atomic E-state index is 12.2. The second-order valence-corrected chi connectivity index (χ2v) is 7.90. The molecule has 0 spiro atoms. The minimum atomic E-state index is -0.382. The van der Waals surface area contributed by atoms with Gasteiger partial charge in [-0.1, -0.05) is 13.0 Å². The summed E-state index contributed by atoms with van der Waals surface area (Å²) in [4.78, 5) is 14.4. The molecule has 2 heterocycles. The fourth-order valence-electron chi connectivity index (χ4n) is 3.23. The molecule has 1 aliphatic rings. The Balaban J connectivity index is 1.30. The van der Waals surface area contributed by atoms with Gasteiger partial charge in [0.15, 0.2) is 5.76 Å². The van der Waals surface area contributed by atoms with Gasteiger partial charge in [-0.2, -0.15) is 5.10 Å². The van der Waals surface area contributed by atoms with E-state index in [-0.39, 0.29) is 18.3 Å². The molecule has 1 aliphatic carbocycles. The van der Waals surface area contributed by atoms with Crippen LogP contribution in [0.1, 0.15) is 50.5 Å². The number of ether oxygens (including phenoxy) is 1. The van der Waals surface area contributed by atoms with Gasteiger partial charge in [0.2, 0.25) is 0 Å². The van der Waals surface area contributed by atoms with Crippen molar-refractivity contribution in [3.05, 3.63) is 74.9 Å². The van der Waals surface area contributed by atoms with Crippen molar-refractivity contribution >= 4 is 23.5 Å². The Morgan fingerprint density at radius 2 is 2.11 bits per heavy atom. The molecule has 1 aromatic carbocycles. The van der Waals surface area contributed by atoms with Crippen LogP contribution in [0.15, 0.2) is 52.0 Å². The van der Waals surface area contributed by atoms with E-state index in [0.29, 0.717) is 5.76 Å². The van der Waals surface area contributed by atoms with Gasteiger partial charge in [-0.25, -0.2) is 5.43 Å². The zero-order valence-corrected chi connectivity index (χ0v) is 16.6. The van der Waals surface area contributed by atoms with Crippen LogP contribution in [-0.4, -0.2) is 12.1 Å². The van der Waals surface area contributed by atoms with E-state index >= 15 is 0 Å². The second-order valence-electron chi connectivity index (χ2n) is 6.70. The van der Waals surface area contributed by atoms with E-state index in [9.17, 15) is 4.79 Å². The van der Waals surface area contributed by atoms with Gasteiger partial charge >= 0.3 is 5.91 Å². The molecule has 1 N–H and O–H groups in total. The lowest BCUT2D eigenvalue weighted by molar-refractivity contribution is 0.0923. The normalized spacial score (nSPS) is 13.0. The molecule has 3 aromatic rings. The summed E-state index contributed by atoms with van der Waals surface area (Å²) in [5.74, 6) is 1.26. The van der Waals surface area contributed by atoms with Gasteiger partial charge in [0, 0.05) is 9.75 Å². The summed E-state index contributed by atoms with van der Waals surface area (Å²) in [5.41, 5.74) is 5.28. The number of furan rings is 1. The number of hydrogen-bond acceptors (Lipinski definition) is 5. The van der Waals surface area contributed by atoms with Crippen molar-refractivity contribution in [3.63, 3.8) is 0 Å². The van der Waals surface area contributed by atoms with Crippen LogP contribution in [0.5, 0.6) is 5.75 Å². The summed E-state index contributed by atoms with van der Waals surface area (Å²) in [7, 11) is 0. The molecule has 0 atom stereocenters. The van der Waals surface area contributed by atoms with E-state index in [1.54, 1.807) is 29.7 Å². The lowest BCUT2D eigenvalue weighted by Gasteiger charge is -2.06. The van der Waals surface area contributed by atoms with Gasteiger partial charge in [-0.05, 0) is 73.2 Å². The third-order valence-corrected chi connectivity index (χ3v) is 5.89. The van der Waals surface area contributed by atoms with Crippen molar-refractivity contribution in [1.29, 1.82) is 0 Å². The number of hydrazone groups is 1. The first kappa shape index (κ1) is 18.5. The summed E-state index contributed by atoms with van der Waals surface area (Å²) in [6.45, 7) is 2.39. The molecule has 0 fully saturated rings. The monoisotopic (exact) mass is 394 g/mol. The number of nitrogens with zero attached hydrogens (tertiary/aromatic N) is 1. The Morgan fingerprint density at radius 1 is 1.21 bits per heavy atom. The number of hydrogen-bond donors (Lipinski definition) is 1. The number of carbonyl (C=O) groups excluding carboxylic acids is 1. The Bertz CT molecular complexity index is 1000. The highest BCUT2D eigenvalue weighted by molar-refractivity contribution is 7.13. The number of amides is 1. The fourth-order valence-corrected chi connectivity index (χ4v) is 4.06. The van der Waals surface area contributed by atoms with Crippen molar-refractivity contribution in [1.82, 2.24) is 5.43 Å². The minimum Gasteiger partial charge on any atom is -0.486 e. The second kappa shape index (κ2) is 8.44. The van der Waals surface area contributed by atoms with Crippen LogP contribution >= 0.6 is 11.3 Å². The van der Waals surface area contributed by atoms with Gasteiger partial charge in [0.1, 0.15) is 18.1 Å². The van der Waals surface area contributed by atoms with E-state index < -0.39 is 0 Å². The lowest BCUT2D eigenvalue weighted by Crippen LogP contribution is -2.16. The highest BCUT2D eigenvalue weighted by Crippen LogP contribution is 2.26. The molecule has 0 bridgehead atoms. The smallest absolute Gasteiger partial charge is 0.307 e. The number of nitrogens with one attached hydrogen (secondary N) is 1. The molecule has 144 valence electrons. The summed E-state index contributed by atoms with van der Waals surface area (Å²) in [6, 6.07) is 13.7. The highest BCUT2D eigenvalue weighted by Gasteiger charge is 2.13. The van der Waals surface area contributed by atoms with Crippen molar-refractivity contribution < 1.29 is 13.9 Å². The van der Waals surface area contributed by atoms with Crippen molar-refractivity contribution in [2.24, 2.45) is 5.10 Å². The van der Waals surface area contributed by atoms with Gasteiger partial charge in [-0.15, -0.1) is 11.3 Å². The summed E-state index contributed by atoms with van der Waals surface area (Å²) in [6.07, 6.45) is 6.12. The quantitative estimate of drug-likeness (QED) is 0.465. The molecular weight excluding hydrogens is 372 g/mol. The van der Waals surface area contributed by atoms with Crippen LogP contribution in [0.3, 0.4) is 0 Å². The predicted molar refractivity (Wildman–Crippen MR) is 110 cm³/mol. The maximum atomic E-state index is 12.2. The Kier molecular flexibility index (Phi) is 5.58. The average molecular weight is 394 g/mol. The van der Waals surface area contributed by atoms with Gasteiger partial charge in [0.25, 0.3) is 0 Å². The van der Waals surface area contributed by atoms with Gasteiger partial charge in [0.05, 0.1) is 6.21 Å². The molecule has 28 heavy (non-hydrogen) atoms. The van der Waals surface area contributed by atoms with Gasteiger partial charge in [-0.3, -0.25) is 4.79 Å². The molecule has 0 radical (unpaired) electrons. The maximum Gasteiger partial charge on any atom is 0.307 e. The molecule has 5 nitrogen and oxygen atoms in total. The number of fused-ring (bicyclic) bond motifs is 1. The molecule has 2 aromatic heterocycles. The van der Waals surface area contributed by atoms with E-state index in [1.165, 1.54) is 22.4 Å². The molecule has 6 heteroatoms. The first-order valence-corrected chi connectivity index (χ1v) is 10.3. The average Bonchev–Trinajstić information content (AvgIpc) is 3.45. The van der Waals surface area contributed by atoms with E-state index in [0.717, 1.165) is 29.9 Å². The van der Waals surface area contributed by atoms with E-state index in [4.69, 9.17) is 9.15 Å². The van der Waals surface area contributed by atoms with Gasteiger partial charge < -0.3 is 9.15 Å². The number of rotatable bonds is 7. The molecule has 4 rings (SSSR count). The summed E-state index contributed by atoms with van der Waals surface area (Å²) >= 11 is 1.66. The zero-order chi connectivity index (χ0) is 19.3. The predicted octanol–water partition coefficient (Wildman–Crippen LogP) is 4.74. The van der Waals surface area contributed by atoms with Crippen LogP contribution in [0.4, 0.5) is 0 Å². The van der Waals surface area contributed by atoms with Crippen molar-refractivity contribution in [2.45, 2.75) is 39.2 Å².